The molecule has 2 aliphatic rings. The molecule has 7 nitrogen and oxygen atoms in total. The summed E-state index contributed by atoms with van der Waals surface area (Å²) < 4.78 is 1.86. The van der Waals surface area contributed by atoms with Gasteiger partial charge in [0.25, 0.3) is 0 Å². The lowest BCUT2D eigenvalue weighted by molar-refractivity contribution is -0.135. The molecular formula is C15H25BrN6O. The van der Waals surface area contributed by atoms with Crippen molar-refractivity contribution in [1.82, 2.24) is 24.9 Å². The monoisotopic (exact) mass is 384 g/mol. The highest BCUT2D eigenvalue weighted by molar-refractivity contribution is 8.93. The van der Waals surface area contributed by atoms with Crippen molar-refractivity contribution in [2.75, 3.05) is 26.7 Å². The highest BCUT2D eigenvalue weighted by atomic mass is 79.9. The first kappa shape index (κ1) is 17.8. The number of guanidine groups is 1. The van der Waals surface area contributed by atoms with Gasteiger partial charge in [0.15, 0.2) is 5.96 Å². The maximum Gasteiger partial charge on any atom is 0.242 e. The summed E-state index contributed by atoms with van der Waals surface area (Å²) in [7, 11) is 3.69. The molecule has 23 heavy (non-hydrogen) atoms. The predicted octanol–water partition coefficient (Wildman–Crippen LogP) is 0.688. The van der Waals surface area contributed by atoms with E-state index in [2.05, 4.69) is 21.5 Å². The molecule has 1 saturated heterocycles. The lowest BCUT2D eigenvalue weighted by Gasteiger charge is -2.36. The number of piperazine rings is 1. The SMILES string of the molecule is Br.CN=C(NCc1cc(C)n(C)n1)N1CCN(C2CC2)C(=O)C1. The third kappa shape index (κ3) is 4.04. The molecule has 2 fully saturated rings. The number of carbonyl (C=O) groups is 1. The molecule has 0 aromatic carbocycles. The Labute approximate surface area is 147 Å². The van der Waals surface area contributed by atoms with Gasteiger partial charge in [-0.1, -0.05) is 0 Å². The fourth-order valence-electron chi connectivity index (χ4n) is 2.86. The number of hydrogen-bond donors (Lipinski definition) is 1. The van der Waals surface area contributed by atoms with Gasteiger partial charge in [-0.05, 0) is 25.8 Å². The van der Waals surface area contributed by atoms with Crippen LogP contribution in [0.3, 0.4) is 0 Å². The molecule has 1 saturated carbocycles. The van der Waals surface area contributed by atoms with Gasteiger partial charge < -0.3 is 15.1 Å². The molecule has 8 heteroatoms. The van der Waals surface area contributed by atoms with Crippen LogP contribution in [0.15, 0.2) is 11.1 Å². The number of nitrogens with one attached hydrogen (secondary N) is 1. The largest absolute Gasteiger partial charge is 0.351 e. The molecule has 128 valence electrons. The van der Waals surface area contributed by atoms with Gasteiger partial charge in [-0.2, -0.15) is 5.10 Å². The summed E-state index contributed by atoms with van der Waals surface area (Å²) in [5.74, 6) is 0.984. The van der Waals surface area contributed by atoms with Crippen LogP contribution in [0.1, 0.15) is 24.2 Å². The zero-order chi connectivity index (χ0) is 15.7. The number of halogens is 1. The predicted molar refractivity (Wildman–Crippen MR) is 94.8 cm³/mol. The maximum atomic E-state index is 12.2. The Morgan fingerprint density at radius 2 is 2.17 bits per heavy atom. The fraction of sp³-hybridized carbons (Fsp3) is 0.667. The van der Waals surface area contributed by atoms with Crippen molar-refractivity contribution in [3.63, 3.8) is 0 Å². The van der Waals surface area contributed by atoms with Gasteiger partial charge in [-0.15, -0.1) is 17.0 Å². The highest BCUT2D eigenvalue weighted by Gasteiger charge is 2.36. The second-order valence-corrected chi connectivity index (χ2v) is 6.04. The molecular weight excluding hydrogens is 360 g/mol. The van der Waals surface area contributed by atoms with Gasteiger partial charge in [-0.25, -0.2) is 0 Å². The summed E-state index contributed by atoms with van der Waals surface area (Å²) in [5, 5.41) is 7.73. The van der Waals surface area contributed by atoms with Crippen LogP contribution in [-0.2, 0) is 18.4 Å². The molecule has 3 rings (SSSR count). The van der Waals surface area contributed by atoms with Crippen molar-refractivity contribution < 1.29 is 4.79 Å². The summed E-state index contributed by atoms with van der Waals surface area (Å²) >= 11 is 0. The first-order valence-electron chi connectivity index (χ1n) is 7.83. The van der Waals surface area contributed by atoms with Gasteiger partial charge in [0.2, 0.25) is 5.91 Å². The van der Waals surface area contributed by atoms with Crippen LogP contribution in [0, 0.1) is 6.92 Å². The Hall–Kier alpha value is -1.57. The zero-order valence-electron chi connectivity index (χ0n) is 13.9. The van der Waals surface area contributed by atoms with E-state index in [1.54, 1.807) is 7.05 Å². The summed E-state index contributed by atoms with van der Waals surface area (Å²) in [6.45, 7) is 4.69. The molecule has 1 aromatic heterocycles. The second kappa shape index (κ2) is 7.33. The van der Waals surface area contributed by atoms with Gasteiger partial charge in [-0.3, -0.25) is 14.5 Å². The molecule has 1 aliphatic heterocycles. The van der Waals surface area contributed by atoms with Crippen LogP contribution in [0.5, 0.6) is 0 Å². The van der Waals surface area contributed by atoms with Gasteiger partial charge in [0, 0.05) is 38.9 Å². The summed E-state index contributed by atoms with van der Waals surface area (Å²) in [4.78, 5) is 20.6. The number of aromatic nitrogens is 2. The molecule has 0 spiro atoms. The van der Waals surface area contributed by atoms with Crippen LogP contribution in [0.4, 0.5) is 0 Å². The Morgan fingerprint density at radius 1 is 1.43 bits per heavy atom. The first-order valence-corrected chi connectivity index (χ1v) is 7.83. The number of aryl methyl sites for hydroxylation is 2. The van der Waals surface area contributed by atoms with Crippen LogP contribution in [-0.4, -0.2) is 64.2 Å². The van der Waals surface area contributed by atoms with Crippen molar-refractivity contribution >= 4 is 28.8 Å². The number of hydrogen-bond acceptors (Lipinski definition) is 3. The lowest BCUT2D eigenvalue weighted by atomic mass is 10.3. The Bertz CT molecular complexity index is 575. The van der Waals surface area contributed by atoms with Crippen molar-refractivity contribution in [2.45, 2.75) is 32.4 Å². The van der Waals surface area contributed by atoms with E-state index in [0.717, 1.165) is 43.3 Å². The van der Waals surface area contributed by atoms with E-state index in [1.807, 2.05) is 28.5 Å². The summed E-state index contributed by atoms with van der Waals surface area (Å²) in [6, 6.07) is 2.55. The molecule has 0 bridgehead atoms. The maximum absolute atomic E-state index is 12.2. The van der Waals surface area contributed by atoms with Crippen molar-refractivity contribution in [1.29, 1.82) is 0 Å². The minimum atomic E-state index is 0. The number of carbonyl (C=O) groups excluding carboxylic acids is 1. The Kier molecular flexibility index (Phi) is 5.67. The first-order chi connectivity index (χ1) is 10.6. The third-order valence-electron chi connectivity index (χ3n) is 4.35. The van der Waals surface area contributed by atoms with Crippen LogP contribution >= 0.6 is 17.0 Å². The van der Waals surface area contributed by atoms with E-state index in [4.69, 9.17) is 0 Å². The van der Waals surface area contributed by atoms with Gasteiger partial charge >= 0.3 is 0 Å². The van der Waals surface area contributed by atoms with Crippen LogP contribution in [0.2, 0.25) is 0 Å². The minimum Gasteiger partial charge on any atom is -0.351 e. The van der Waals surface area contributed by atoms with Gasteiger partial charge in [0.05, 0.1) is 18.8 Å². The van der Waals surface area contributed by atoms with Crippen LogP contribution < -0.4 is 5.32 Å². The molecule has 1 N–H and O–H groups in total. The standard InChI is InChI=1S/C15H24N6O.BrH/c1-11-8-12(18-19(11)3)9-17-15(16-2)20-6-7-21(13-4-5-13)14(22)10-20;/h8,13H,4-7,9-10H2,1-3H3,(H,16,17);1H. The van der Waals surface area contributed by atoms with Gasteiger partial charge in [0.1, 0.15) is 0 Å². The van der Waals surface area contributed by atoms with E-state index in [-0.39, 0.29) is 22.9 Å². The van der Waals surface area contributed by atoms with E-state index in [0.29, 0.717) is 19.1 Å². The minimum absolute atomic E-state index is 0. The third-order valence-corrected chi connectivity index (χ3v) is 4.35. The highest BCUT2D eigenvalue weighted by Crippen LogP contribution is 2.27. The average Bonchev–Trinajstić information content (AvgIpc) is 3.27. The molecule has 0 atom stereocenters. The number of amides is 1. The molecule has 1 aliphatic carbocycles. The Balaban J connectivity index is 0.00000192. The van der Waals surface area contributed by atoms with E-state index < -0.39 is 0 Å². The summed E-state index contributed by atoms with van der Waals surface area (Å²) in [6.07, 6.45) is 2.33. The quantitative estimate of drug-likeness (QED) is 0.614. The van der Waals surface area contributed by atoms with E-state index >= 15 is 0 Å². The normalized spacial score (nSPS) is 18.9. The van der Waals surface area contributed by atoms with Crippen molar-refractivity contribution in [2.24, 2.45) is 12.0 Å². The number of aliphatic imine (C=N–C) groups is 1. The van der Waals surface area contributed by atoms with E-state index in [9.17, 15) is 4.79 Å². The molecule has 1 amide bonds. The number of nitrogens with zero attached hydrogens (tertiary/aromatic N) is 5. The molecule has 0 unspecified atom stereocenters. The Morgan fingerprint density at radius 3 is 2.70 bits per heavy atom. The molecule has 0 radical (unpaired) electrons. The number of rotatable bonds is 3. The topological polar surface area (TPSA) is 65.8 Å². The van der Waals surface area contributed by atoms with Crippen molar-refractivity contribution in [3.8, 4) is 0 Å². The summed E-state index contributed by atoms with van der Waals surface area (Å²) in [5.41, 5.74) is 2.10. The van der Waals surface area contributed by atoms with Crippen LogP contribution in [0.25, 0.3) is 0 Å². The second-order valence-electron chi connectivity index (χ2n) is 6.04. The average molecular weight is 385 g/mol. The van der Waals surface area contributed by atoms with E-state index in [1.165, 1.54) is 0 Å². The lowest BCUT2D eigenvalue weighted by Crippen LogP contribution is -2.55. The van der Waals surface area contributed by atoms with Crippen molar-refractivity contribution in [3.05, 3.63) is 17.5 Å². The smallest absolute Gasteiger partial charge is 0.242 e. The fourth-order valence-corrected chi connectivity index (χ4v) is 2.86. The zero-order valence-corrected chi connectivity index (χ0v) is 15.7. The molecule has 1 aromatic rings. The molecule has 2 heterocycles.